The van der Waals surface area contributed by atoms with Crippen LogP contribution in [0.4, 0.5) is 0 Å². The molecule has 1 aliphatic rings. The van der Waals surface area contributed by atoms with Gasteiger partial charge in [-0.15, -0.1) is 0 Å². The minimum absolute atomic E-state index is 0.155. The molecule has 0 bridgehead atoms. The second-order valence-electron chi connectivity index (χ2n) is 4.77. The lowest BCUT2D eigenvalue weighted by Gasteiger charge is -2.20. The Hall–Kier alpha value is -0.610. The number of carbonyl (C=O) groups excluding carboxylic acids is 1. The highest BCUT2D eigenvalue weighted by Crippen LogP contribution is 2.09. The van der Waals surface area contributed by atoms with E-state index >= 15 is 0 Å². The summed E-state index contributed by atoms with van der Waals surface area (Å²) in [6, 6.07) is 0. The fraction of sp³-hybridized carbons (Fsp3) is 0.917. The standard InChI is InChI=1S/C12H25N3O/c1-11(10-15-7-3-4-8-15)9-14-12(16)5-6-13-2/h11,13H,3-10H2,1-2H3,(H,14,16). The van der Waals surface area contributed by atoms with Crippen LogP contribution in [-0.2, 0) is 4.79 Å². The molecule has 16 heavy (non-hydrogen) atoms. The van der Waals surface area contributed by atoms with Crippen LogP contribution in [0.2, 0.25) is 0 Å². The van der Waals surface area contributed by atoms with E-state index in [1.54, 1.807) is 0 Å². The fourth-order valence-corrected chi connectivity index (χ4v) is 2.09. The summed E-state index contributed by atoms with van der Waals surface area (Å²) in [6.07, 6.45) is 3.25. The minimum atomic E-state index is 0.155. The Labute approximate surface area is 98.8 Å². The molecule has 1 amide bonds. The first kappa shape index (κ1) is 13.5. The molecule has 0 spiro atoms. The van der Waals surface area contributed by atoms with Gasteiger partial charge in [0.25, 0.3) is 0 Å². The SMILES string of the molecule is CNCCC(=O)NCC(C)CN1CCCC1. The van der Waals surface area contributed by atoms with E-state index in [1.807, 2.05) is 7.05 Å². The minimum Gasteiger partial charge on any atom is -0.356 e. The van der Waals surface area contributed by atoms with Gasteiger partial charge in [0.05, 0.1) is 0 Å². The van der Waals surface area contributed by atoms with Crippen LogP contribution in [-0.4, -0.2) is 50.6 Å². The predicted molar refractivity (Wildman–Crippen MR) is 66.4 cm³/mol. The Bertz CT molecular complexity index is 202. The first-order valence-electron chi connectivity index (χ1n) is 6.36. The van der Waals surface area contributed by atoms with Crippen molar-refractivity contribution in [2.45, 2.75) is 26.2 Å². The number of amides is 1. The van der Waals surface area contributed by atoms with E-state index < -0.39 is 0 Å². The van der Waals surface area contributed by atoms with E-state index in [0.29, 0.717) is 12.3 Å². The second kappa shape index (κ2) is 7.63. The summed E-state index contributed by atoms with van der Waals surface area (Å²) in [5, 5.41) is 5.96. The molecule has 1 saturated heterocycles. The van der Waals surface area contributed by atoms with Crippen molar-refractivity contribution < 1.29 is 4.79 Å². The topological polar surface area (TPSA) is 44.4 Å². The van der Waals surface area contributed by atoms with Gasteiger partial charge in [0, 0.05) is 26.1 Å². The average Bonchev–Trinajstić information content (AvgIpc) is 2.76. The Morgan fingerprint density at radius 3 is 2.69 bits per heavy atom. The van der Waals surface area contributed by atoms with E-state index in [2.05, 4.69) is 22.5 Å². The summed E-state index contributed by atoms with van der Waals surface area (Å²) in [5.41, 5.74) is 0. The number of nitrogens with zero attached hydrogens (tertiary/aromatic N) is 1. The molecule has 1 aliphatic heterocycles. The Morgan fingerprint density at radius 1 is 1.38 bits per heavy atom. The van der Waals surface area contributed by atoms with Crippen LogP contribution < -0.4 is 10.6 Å². The van der Waals surface area contributed by atoms with E-state index in [0.717, 1.165) is 19.6 Å². The molecule has 4 nitrogen and oxygen atoms in total. The van der Waals surface area contributed by atoms with Crippen molar-refractivity contribution in [3.63, 3.8) is 0 Å². The van der Waals surface area contributed by atoms with Gasteiger partial charge in [-0.25, -0.2) is 0 Å². The van der Waals surface area contributed by atoms with Crippen molar-refractivity contribution in [1.29, 1.82) is 0 Å². The van der Waals surface area contributed by atoms with Gasteiger partial charge in [-0.2, -0.15) is 0 Å². The first-order valence-corrected chi connectivity index (χ1v) is 6.36. The highest BCUT2D eigenvalue weighted by Gasteiger charge is 2.14. The maximum atomic E-state index is 11.4. The quantitative estimate of drug-likeness (QED) is 0.663. The molecule has 0 aromatic heterocycles. The Kier molecular flexibility index (Phi) is 6.42. The number of nitrogens with one attached hydrogen (secondary N) is 2. The lowest BCUT2D eigenvalue weighted by Crippen LogP contribution is -2.35. The third kappa shape index (κ3) is 5.47. The summed E-state index contributed by atoms with van der Waals surface area (Å²) >= 11 is 0. The van der Waals surface area contributed by atoms with Crippen molar-refractivity contribution in [3.8, 4) is 0 Å². The van der Waals surface area contributed by atoms with Crippen LogP contribution in [0.3, 0.4) is 0 Å². The third-order valence-electron chi connectivity index (χ3n) is 3.02. The molecule has 0 aliphatic carbocycles. The van der Waals surface area contributed by atoms with E-state index in [1.165, 1.54) is 25.9 Å². The summed E-state index contributed by atoms with van der Waals surface area (Å²) in [5.74, 6) is 0.708. The largest absolute Gasteiger partial charge is 0.356 e. The Morgan fingerprint density at radius 2 is 2.06 bits per heavy atom. The van der Waals surface area contributed by atoms with Gasteiger partial charge in [0.15, 0.2) is 0 Å². The van der Waals surface area contributed by atoms with Crippen molar-refractivity contribution in [2.75, 3.05) is 39.8 Å². The Balaban J connectivity index is 2.04. The molecule has 0 aromatic carbocycles. The summed E-state index contributed by atoms with van der Waals surface area (Å²) in [4.78, 5) is 13.9. The average molecular weight is 227 g/mol. The predicted octanol–water partition coefficient (Wildman–Crippen LogP) is 0.444. The number of hydrogen-bond donors (Lipinski definition) is 2. The smallest absolute Gasteiger partial charge is 0.221 e. The second-order valence-corrected chi connectivity index (χ2v) is 4.77. The van der Waals surface area contributed by atoms with Gasteiger partial charge in [-0.1, -0.05) is 6.92 Å². The highest BCUT2D eigenvalue weighted by atomic mass is 16.1. The zero-order valence-electron chi connectivity index (χ0n) is 10.6. The first-order chi connectivity index (χ1) is 7.72. The molecule has 0 saturated carbocycles. The number of likely N-dealkylation sites (tertiary alicyclic amines) is 1. The number of rotatable bonds is 7. The lowest BCUT2D eigenvalue weighted by atomic mass is 10.1. The van der Waals surface area contributed by atoms with Crippen LogP contribution >= 0.6 is 0 Å². The van der Waals surface area contributed by atoms with Crippen molar-refractivity contribution in [3.05, 3.63) is 0 Å². The maximum Gasteiger partial charge on any atom is 0.221 e. The van der Waals surface area contributed by atoms with Crippen LogP contribution in [0, 0.1) is 5.92 Å². The molecule has 1 atom stereocenters. The summed E-state index contributed by atoms with van der Waals surface area (Å²) < 4.78 is 0. The normalized spacial score (nSPS) is 18.6. The van der Waals surface area contributed by atoms with Crippen LogP contribution in [0.1, 0.15) is 26.2 Å². The van der Waals surface area contributed by atoms with E-state index in [9.17, 15) is 4.79 Å². The van der Waals surface area contributed by atoms with Gasteiger partial charge in [0.1, 0.15) is 0 Å². The van der Waals surface area contributed by atoms with Gasteiger partial charge in [0.2, 0.25) is 5.91 Å². The molecular formula is C12H25N3O. The van der Waals surface area contributed by atoms with Crippen LogP contribution in [0.5, 0.6) is 0 Å². The van der Waals surface area contributed by atoms with Crippen LogP contribution in [0.15, 0.2) is 0 Å². The van der Waals surface area contributed by atoms with Crippen molar-refractivity contribution >= 4 is 5.91 Å². The molecular weight excluding hydrogens is 202 g/mol. The van der Waals surface area contributed by atoms with Crippen molar-refractivity contribution in [1.82, 2.24) is 15.5 Å². The summed E-state index contributed by atoms with van der Waals surface area (Å²) in [6.45, 7) is 7.35. The molecule has 1 rings (SSSR count). The monoisotopic (exact) mass is 227 g/mol. The zero-order valence-corrected chi connectivity index (χ0v) is 10.6. The molecule has 0 radical (unpaired) electrons. The zero-order chi connectivity index (χ0) is 11.8. The number of hydrogen-bond acceptors (Lipinski definition) is 3. The highest BCUT2D eigenvalue weighted by molar-refractivity contribution is 5.76. The van der Waals surface area contributed by atoms with Gasteiger partial charge in [-0.3, -0.25) is 4.79 Å². The lowest BCUT2D eigenvalue weighted by molar-refractivity contribution is -0.121. The number of carbonyl (C=O) groups is 1. The summed E-state index contributed by atoms with van der Waals surface area (Å²) in [7, 11) is 1.86. The molecule has 2 N–H and O–H groups in total. The molecule has 4 heteroatoms. The molecule has 1 unspecified atom stereocenters. The molecule has 94 valence electrons. The van der Waals surface area contributed by atoms with Gasteiger partial charge >= 0.3 is 0 Å². The van der Waals surface area contributed by atoms with Gasteiger partial charge in [-0.05, 0) is 38.9 Å². The molecule has 1 fully saturated rings. The van der Waals surface area contributed by atoms with E-state index in [4.69, 9.17) is 0 Å². The van der Waals surface area contributed by atoms with Crippen molar-refractivity contribution in [2.24, 2.45) is 5.92 Å². The van der Waals surface area contributed by atoms with Crippen LogP contribution in [0.25, 0.3) is 0 Å². The molecule has 1 heterocycles. The maximum absolute atomic E-state index is 11.4. The third-order valence-corrected chi connectivity index (χ3v) is 3.02. The van der Waals surface area contributed by atoms with E-state index in [-0.39, 0.29) is 5.91 Å². The molecule has 0 aromatic rings. The fourth-order valence-electron chi connectivity index (χ4n) is 2.09. The van der Waals surface area contributed by atoms with Gasteiger partial charge < -0.3 is 15.5 Å².